The maximum Gasteiger partial charge on any atom is 0.237 e. The average molecular weight is 374 g/mol. The Balaban J connectivity index is 1.67. The molecule has 2 aromatic heterocycles. The van der Waals surface area contributed by atoms with Crippen molar-refractivity contribution in [3.05, 3.63) is 35.7 Å². The van der Waals surface area contributed by atoms with Gasteiger partial charge in [-0.05, 0) is 42.6 Å². The topological polar surface area (TPSA) is 84.1 Å². The van der Waals surface area contributed by atoms with Crippen LogP contribution >= 0.6 is 23.1 Å². The minimum Gasteiger partial charge on any atom is -0.383 e. The average Bonchev–Trinajstić information content (AvgIpc) is 3.04. The quantitative estimate of drug-likeness (QED) is 0.526. The largest absolute Gasteiger partial charge is 0.383 e. The monoisotopic (exact) mass is 373 g/mol. The van der Waals surface area contributed by atoms with Crippen molar-refractivity contribution in [1.82, 2.24) is 9.97 Å². The van der Waals surface area contributed by atoms with Crippen molar-refractivity contribution in [3.8, 4) is 0 Å². The van der Waals surface area contributed by atoms with Crippen molar-refractivity contribution in [3.63, 3.8) is 0 Å². The highest BCUT2D eigenvalue weighted by Crippen LogP contribution is 2.28. The van der Waals surface area contributed by atoms with E-state index in [0.717, 1.165) is 21.6 Å². The highest BCUT2D eigenvalue weighted by atomic mass is 32.2. The van der Waals surface area contributed by atoms with Crippen molar-refractivity contribution in [1.29, 1.82) is 0 Å². The summed E-state index contributed by atoms with van der Waals surface area (Å²) in [5.41, 5.74) is 7.79. The number of nitrogen functional groups attached to an aromatic ring is 1. The number of thiophene rings is 1. The fourth-order valence-corrected chi connectivity index (χ4v) is 3.82. The maximum absolute atomic E-state index is 12.4. The van der Waals surface area contributed by atoms with Gasteiger partial charge >= 0.3 is 0 Å². The van der Waals surface area contributed by atoms with E-state index in [4.69, 9.17) is 5.73 Å². The van der Waals surface area contributed by atoms with E-state index in [2.05, 4.69) is 15.3 Å². The number of nitrogens with two attached hydrogens (primary N) is 1. The third-order valence-electron chi connectivity index (χ3n) is 3.64. The third kappa shape index (κ3) is 4.02. The molecule has 0 saturated carbocycles. The molecule has 130 valence electrons. The van der Waals surface area contributed by atoms with Crippen LogP contribution in [-0.2, 0) is 4.79 Å². The molecule has 3 N–H and O–H groups in total. The van der Waals surface area contributed by atoms with Gasteiger partial charge in [0.05, 0.1) is 10.6 Å². The van der Waals surface area contributed by atoms with E-state index in [0.29, 0.717) is 11.0 Å². The van der Waals surface area contributed by atoms with E-state index in [1.54, 1.807) is 0 Å². The van der Waals surface area contributed by atoms with E-state index in [1.165, 1.54) is 23.1 Å². The van der Waals surface area contributed by atoms with Crippen molar-refractivity contribution in [2.24, 2.45) is 0 Å². The molecule has 25 heavy (non-hydrogen) atoms. The van der Waals surface area contributed by atoms with Gasteiger partial charge in [0, 0.05) is 25.5 Å². The van der Waals surface area contributed by atoms with Crippen LogP contribution in [0.3, 0.4) is 0 Å². The normalized spacial score (nSPS) is 12.1. The van der Waals surface area contributed by atoms with Gasteiger partial charge in [0.1, 0.15) is 10.6 Å². The lowest BCUT2D eigenvalue weighted by atomic mass is 10.2. The van der Waals surface area contributed by atoms with Crippen LogP contribution in [0.4, 0.5) is 17.2 Å². The van der Waals surface area contributed by atoms with Crippen molar-refractivity contribution < 1.29 is 4.79 Å². The summed E-state index contributed by atoms with van der Waals surface area (Å²) >= 11 is 2.80. The summed E-state index contributed by atoms with van der Waals surface area (Å²) < 4.78 is 0. The SMILES string of the molecule is CC(Sc1nc(N)c2ccsc2n1)C(=O)Nc1ccc(N(C)C)cc1. The smallest absolute Gasteiger partial charge is 0.237 e. The first kappa shape index (κ1) is 17.5. The Morgan fingerprint density at radius 2 is 1.96 bits per heavy atom. The Labute approximate surface area is 154 Å². The second-order valence-corrected chi connectivity index (χ2v) is 7.92. The lowest BCUT2D eigenvalue weighted by Crippen LogP contribution is -2.22. The molecular weight excluding hydrogens is 354 g/mol. The molecular formula is C17H19N5OS2. The van der Waals surface area contributed by atoms with Gasteiger partial charge in [0.2, 0.25) is 5.91 Å². The number of rotatable bonds is 5. The summed E-state index contributed by atoms with van der Waals surface area (Å²) in [7, 11) is 3.95. The fourth-order valence-electron chi connectivity index (χ4n) is 2.21. The summed E-state index contributed by atoms with van der Waals surface area (Å²) in [4.78, 5) is 24.0. The number of hydrogen-bond acceptors (Lipinski definition) is 7. The number of hydrogen-bond donors (Lipinski definition) is 2. The number of nitrogens with zero attached hydrogens (tertiary/aromatic N) is 3. The predicted molar refractivity (Wildman–Crippen MR) is 107 cm³/mol. The Bertz CT molecular complexity index is 892. The van der Waals surface area contributed by atoms with Crippen LogP contribution < -0.4 is 16.0 Å². The Morgan fingerprint density at radius 1 is 1.24 bits per heavy atom. The third-order valence-corrected chi connectivity index (χ3v) is 5.40. The van der Waals surface area contributed by atoms with Crippen molar-refractivity contribution in [2.45, 2.75) is 17.3 Å². The second kappa shape index (κ2) is 7.28. The molecule has 0 aliphatic carbocycles. The number of thioether (sulfide) groups is 1. The number of nitrogens with one attached hydrogen (secondary N) is 1. The molecule has 1 aromatic carbocycles. The second-order valence-electron chi connectivity index (χ2n) is 5.72. The summed E-state index contributed by atoms with van der Waals surface area (Å²) in [6.07, 6.45) is 0. The fraction of sp³-hybridized carbons (Fsp3) is 0.235. The van der Waals surface area contributed by atoms with Crippen LogP contribution in [0.1, 0.15) is 6.92 Å². The van der Waals surface area contributed by atoms with E-state index in [1.807, 2.05) is 61.6 Å². The number of fused-ring (bicyclic) bond motifs is 1. The Kier molecular flexibility index (Phi) is 5.10. The molecule has 6 nitrogen and oxygen atoms in total. The van der Waals surface area contributed by atoms with Gasteiger partial charge in [-0.2, -0.15) is 0 Å². The molecule has 1 unspecified atom stereocenters. The molecule has 0 aliphatic rings. The number of aromatic nitrogens is 2. The number of carbonyl (C=O) groups is 1. The highest BCUT2D eigenvalue weighted by molar-refractivity contribution is 8.00. The molecule has 0 spiro atoms. The summed E-state index contributed by atoms with van der Waals surface area (Å²) in [6, 6.07) is 9.59. The molecule has 0 bridgehead atoms. The summed E-state index contributed by atoms with van der Waals surface area (Å²) in [5.74, 6) is 0.344. The molecule has 1 atom stereocenters. The van der Waals surface area contributed by atoms with Crippen LogP contribution in [-0.4, -0.2) is 35.2 Å². The first-order chi connectivity index (χ1) is 11.9. The van der Waals surface area contributed by atoms with Gasteiger partial charge in [0.25, 0.3) is 0 Å². The van der Waals surface area contributed by atoms with Crippen LogP contribution in [0.5, 0.6) is 0 Å². The molecule has 3 aromatic rings. The van der Waals surface area contributed by atoms with Gasteiger partial charge in [0.15, 0.2) is 5.16 Å². The lowest BCUT2D eigenvalue weighted by molar-refractivity contribution is -0.115. The van der Waals surface area contributed by atoms with E-state index < -0.39 is 0 Å². The molecule has 0 fully saturated rings. The van der Waals surface area contributed by atoms with E-state index >= 15 is 0 Å². The van der Waals surface area contributed by atoms with Gasteiger partial charge < -0.3 is 16.0 Å². The van der Waals surface area contributed by atoms with Crippen LogP contribution in [0.2, 0.25) is 0 Å². The first-order valence-electron chi connectivity index (χ1n) is 7.69. The molecule has 0 radical (unpaired) electrons. The van der Waals surface area contributed by atoms with Crippen molar-refractivity contribution in [2.75, 3.05) is 30.0 Å². The molecule has 2 heterocycles. The maximum atomic E-state index is 12.4. The van der Waals surface area contributed by atoms with Gasteiger partial charge in [-0.15, -0.1) is 11.3 Å². The lowest BCUT2D eigenvalue weighted by Gasteiger charge is -2.14. The minimum absolute atomic E-state index is 0.101. The first-order valence-corrected chi connectivity index (χ1v) is 9.45. The summed E-state index contributed by atoms with van der Waals surface area (Å²) in [6.45, 7) is 1.83. The zero-order valence-corrected chi connectivity index (χ0v) is 15.8. The van der Waals surface area contributed by atoms with E-state index in [9.17, 15) is 4.79 Å². The highest BCUT2D eigenvalue weighted by Gasteiger charge is 2.17. The van der Waals surface area contributed by atoms with Gasteiger partial charge in [-0.1, -0.05) is 11.8 Å². The number of amides is 1. The van der Waals surface area contributed by atoms with Crippen LogP contribution in [0, 0.1) is 0 Å². The number of carbonyl (C=O) groups excluding carboxylic acids is 1. The van der Waals surface area contributed by atoms with Gasteiger partial charge in [-0.3, -0.25) is 4.79 Å². The number of benzene rings is 1. The summed E-state index contributed by atoms with van der Waals surface area (Å²) in [5, 5.41) is 5.86. The van der Waals surface area contributed by atoms with Crippen LogP contribution in [0.15, 0.2) is 40.9 Å². The standard InChI is InChI=1S/C17H19N5OS2/c1-10(15(23)19-11-4-6-12(7-5-11)22(2)3)25-17-20-14(18)13-8-9-24-16(13)21-17/h4-10H,1-3H3,(H,19,23)(H2,18,20,21). The zero-order chi connectivity index (χ0) is 18.0. The van der Waals surface area contributed by atoms with Crippen LogP contribution in [0.25, 0.3) is 10.2 Å². The molecule has 3 rings (SSSR count). The predicted octanol–water partition coefficient (Wildman–Crippen LogP) is 3.46. The Hall–Kier alpha value is -2.32. The molecule has 1 amide bonds. The zero-order valence-electron chi connectivity index (χ0n) is 14.2. The molecule has 0 aliphatic heterocycles. The molecule has 0 saturated heterocycles. The number of anilines is 3. The van der Waals surface area contributed by atoms with Crippen molar-refractivity contribution >= 4 is 56.4 Å². The minimum atomic E-state index is -0.342. The van der Waals surface area contributed by atoms with Gasteiger partial charge in [-0.25, -0.2) is 9.97 Å². The van der Waals surface area contributed by atoms with E-state index in [-0.39, 0.29) is 11.2 Å². The molecule has 8 heteroatoms. The Morgan fingerprint density at radius 3 is 2.64 bits per heavy atom.